The third kappa shape index (κ3) is 6.47. The minimum absolute atomic E-state index is 0.0628. The lowest BCUT2D eigenvalue weighted by atomic mass is 9.68. The predicted octanol–water partition coefficient (Wildman–Crippen LogP) is 5.14. The van der Waals surface area contributed by atoms with Crippen molar-refractivity contribution in [3.63, 3.8) is 0 Å². The highest BCUT2D eigenvalue weighted by Crippen LogP contribution is 2.43. The molecule has 2 rings (SSSR count). The molecule has 2 aliphatic carbocycles. The molecule has 0 aromatic rings. The maximum absolute atomic E-state index is 11.3. The van der Waals surface area contributed by atoms with Crippen molar-refractivity contribution in [3.05, 3.63) is 47.3 Å². The summed E-state index contributed by atoms with van der Waals surface area (Å²) in [7, 11) is 0. The number of ether oxygens (including phenoxy) is 1. The fourth-order valence-corrected chi connectivity index (χ4v) is 4.40. The Bertz CT molecular complexity index is 680. The second kappa shape index (κ2) is 11.2. The van der Waals surface area contributed by atoms with Crippen LogP contribution in [-0.2, 0) is 4.74 Å². The molecule has 0 aromatic heterocycles. The average Bonchev–Trinajstić information content (AvgIpc) is 2.67. The number of allylic oxidation sites excluding steroid dienone is 5. The number of aliphatic hydroxyl groups excluding tert-OH is 1. The van der Waals surface area contributed by atoms with Crippen LogP contribution in [0.1, 0.15) is 59.3 Å². The van der Waals surface area contributed by atoms with Crippen LogP contribution in [0.4, 0.5) is 4.79 Å². The first-order valence-corrected chi connectivity index (χ1v) is 10.6. The van der Waals surface area contributed by atoms with Gasteiger partial charge in [-0.1, -0.05) is 49.6 Å². The van der Waals surface area contributed by atoms with Gasteiger partial charge in [0.25, 0.3) is 0 Å². The van der Waals surface area contributed by atoms with Gasteiger partial charge in [-0.3, -0.25) is 5.21 Å². The molecule has 0 heterocycles. The van der Waals surface area contributed by atoms with Crippen molar-refractivity contribution in [2.75, 3.05) is 6.73 Å². The van der Waals surface area contributed by atoms with Crippen LogP contribution < -0.4 is 10.8 Å². The quantitative estimate of drug-likeness (QED) is 0.141. The lowest BCUT2D eigenvalue weighted by Crippen LogP contribution is -2.41. The van der Waals surface area contributed by atoms with Crippen molar-refractivity contribution in [2.24, 2.45) is 17.8 Å². The van der Waals surface area contributed by atoms with E-state index in [1.54, 1.807) is 0 Å². The summed E-state index contributed by atoms with van der Waals surface area (Å²) >= 11 is 0. The van der Waals surface area contributed by atoms with Gasteiger partial charge in [-0.2, -0.15) is 0 Å². The van der Waals surface area contributed by atoms with Gasteiger partial charge in [0, 0.05) is 0 Å². The maximum atomic E-state index is 11.3. The number of nitrogens with one attached hydrogen (secondary N) is 2. The van der Waals surface area contributed by atoms with E-state index in [4.69, 9.17) is 9.94 Å². The molecule has 162 valence electrons. The van der Waals surface area contributed by atoms with Crippen molar-refractivity contribution in [3.8, 4) is 0 Å². The second-order valence-corrected chi connectivity index (χ2v) is 8.27. The van der Waals surface area contributed by atoms with Gasteiger partial charge in [0.05, 0.1) is 17.8 Å². The highest BCUT2D eigenvalue weighted by Gasteiger charge is 2.39. The van der Waals surface area contributed by atoms with Crippen LogP contribution in [0.15, 0.2) is 47.3 Å². The van der Waals surface area contributed by atoms with Gasteiger partial charge in [0.15, 0.2) is 0 Å². The van der Waals surface area contributed by atoms with E-state index in [2.05, 4.69) is 37.9 Å². The second-order valence-electron chi connectivity index (χ2n) is 8.27. The first kappa shape index (κ1) is 23.2. The highest BCUT2D eigenvalue weighted by atomic mass is 16.5. The van der Waals surface area contributed by atoms with Crippen molar-refractivity contribution in [1.29, 1.82) is 0 Å². The molecular formula is C23H36N2O4. The van der Waals surface area contributed by atoms with Gasteiger partial charge in [0.2, 0.25) is 0 Å². The molecule has 4 N–H and O–H groups in total. The third-order valence-corrected chi connectivity index (χ3v) is 5.93. The topological polar surface area (TPSA) is 90.8 Å². The molecule has 0 radical (unpaired) electrons. The number of carbonyl (C=O) groups excluding carboxylic acids is 1. The zero-order valence-corrected chi connectivity index (χ0v) is 17.9. The van der Waals surface area contributed by atoms with Gasteiger partial charge in [-0.15, -0.1) is 0 Å². The standard InChI is InChI=1S/C23H36N2O4/c1-5-6-7-8-17-12-20(26)22(21(13-17)29-14-24-23(27)25-28)19-11-16(4)9-10-18(19)15(2)3/h11-13,18-19,21-22,26,28H,2,5-10,14H2,1,3-4H3,(H2,24,25,27)/t18-,19+,21?,22?/m0/s1. The first-order chi connectivity index (χ1) is 13.9. The molecule has 0 bridgehead atoms. The van der Waals surface area contributed by atoms with Crippen molar-refractivity contribution in [2.45, 2.75) is 65.4 Å². The molecule has 0 saturated carbocycles. The lowest BCUT2D eigenvalue weighted by molar-refractivity contribution is 0.0111. The minimum Gasteiger partial charge on any atom is -0.512 e. The van der Waals surface area contributed by atoms with Gasteiger partial charge < -0.3 is 15.2 Å². The van der Waals surface area contributed by atoms with E-state index in [1.807, 2.05) is 13.0 Å². The molecular weight excluding hydrogens is 368 g/mol. The van der Waals surface area contributed by atoms with Crippen LogP contribution in [0, 0.1) is 17.8 Å². The third-order valence-electron chi connectivity index (χ3n) is 5.93. The van der Waals surface area contributed by atoms with E-state index in [0.717, 1.165) is 49.7 Å². The summed E-state index contributed by atoms with van der Waals surface area (Å²) < 4.78 is 5.97. The minimum atomic E-state index is -0.725. The Morgan fingerprint density at radius 2 is 2.10 bits per heavy atom. The summed E-state index contributed by atoms with van der Waals surface area (Å²) in [5, 5.41) is 22.1. The van der Waals surface area contributed by atoms with E-state index < -0.39 is 6.03 Å². The number of rotatable bonds is 9. The normalized spacial score (nSPS) is 26.8. The Morgan fingerprint density at radius 3 is 2.76 bits per heavy atom. The summed E-state index contributed by atoms with van der Waals surface area (Å²) in [5.41, 5.74) is 5.02. The number of urea groups is 1. The van der Waals surface area contributed by atoms with Crippen LogP contribution in [0.5, 0.6) is 0 Å². The van der Waals surface area contributed by atoms with Crippen LogP contribution in [0.25, 0.3) is 0 Å². The molecule has 29 heavy (non-hydrogen) atoms. The molecule has 0 saturated heterocycles. The monoisotopic (exact) mass is 404 g/mol. The van der Waals surface area contributed by atoms with Crippen LogP contribution in [0.2, 0.25) is 0 Å². The Labute approximate surface area is 174 Å². The SMILES string of the molecule is C=C(C)[C@@H]1CCC(C)=C[C@H]1C1C(O)=CC(CCCCC)=CC1OCNC(=O)NO. The molecule has 4 atom stereocenters. The number of unbranched alkanes of at least 4 members (excludes halogenated alkanes) is 2. The Balaban J connectivity index is 2.26. The molecule has 2 unspecified atom stereocenters. The first-order valence-electron chi connectivity index (χ1n) is 10.6. The van der Waals surface area contributed by atoms with Gasteiger partial charge in [-0.25, -0.2) is 10.3 Å². The van der Waals surface area contributed by atoms with Gasteiger partial charge in [-0.05, 0) is 63.0 Å². The summed E-state index contributed by atoms with van der Waals surface area (Å²) in [4.78, 5) is 11.3. The van der Waals surface area contributed by atoms with Crippen LogP contribution in [0.3, 0.4) is 0 Å². The zero-order valence-electron chi connectivity index (χ0n) is 17.9. The van der Waals surface area contributed by atoms with E-state index >= 15 is 0 Å². The van der Waals surface area contributed by atoms with E-state index in [1.165, 1.54) is 11.1 Å². The number of hydroxylamine groups is 1. The summed E-state index contributed by atoms with van der Waals surface area (Å²) in [6.07, 6.45) is 12.1. The lowest BCUT2D eigenvalue weighted by Gasteiger charge is -2.40. The molecule has 0 aromatic carbocycles. The smallest absolute Gasteiger partial charge is 0.340 e. The number of hydrogen-bond acceptors (Lipinski definition) is 4. The molecule has 2 amide bonds. The predicted molar refractivity (Wildman–Crippen MR) is 114 cm³/mol. The Hall–Kier alpha value is -2.05. The fraction of sp³-hybridized carbons (Fsp3) is 0.609. The van der Waals surface area contributed by atoms with Gasteiger partial charge in [0.1, 0.15) is 6.73 Å². The Kier molecular flexibility index (Phi) is 8.99. The van der Waals surface area contributed by atoms with E-state index in [-0.39, 0.29) is 30.6 Å². The summed E-state index contributed by atoms with van der Waals surface area (Å²) in [5.74, 6) is 0.454. The number of carbonyl (C=O) groups is 1. The van der Waals surface area contributed by atoms with Crippen LogP contribution in [-0.4, -0.2) is 29.2 Å². The Morgan fingerprint density at radius 1 is 1.34 bits per heavy atom. The van der Waals surface area contributed by atoms with Crippen LogP contribution >= 0.6 is 0 Å². The maximum Gasteiger partial charge on any atom is 0.340 e. The number of aliphatic hydroxyl groups is 1. The largest absolute Gasteiger partial charge is 0.512 e. The van der Waals surface area contributed by atoms with E-state index in [9.17, 15) is 9.90 Å². The zero-order chi connectivity index (χ0) is 21.4. The van der Waals surface area contributed by atoms with Crippen molar-refractivity contribution in [1.82, 2.24) is 10.8 Å². The van der Waals surface area contributed by atoms with E-state index in [0.29, 0.717) is 5.76 Å². The number of hydrogen-bond donors (Lipinski definition) is 4. The number of amides is 2. The highest BCUT2D eigenvalue weighted by molar-refractivity contribution is 5.72. The van der Waals surface area contributed by atoms with Crippen molar-refractivity contribution >= 4 is 6.03 Å². The average molecular weight is 405 g/mol. The summed E-state index contributed by atoms with van der Waals surface area (Å²) in [6.45, 7) is 10.5. The molecule has 0 aliphatic heterocycles. The molecule has 6 heteroatoms. The summed E-state index contributed by atoms with van der Waals surface area (Å²) in [6, 6.07) is -0.725. The molecule has 2 aliphatic rings. The van der Waals surface area contributed by atoms with Gasteiger partial charge >= 0.3 is 6.03 Å². The fourth-order valence-electron chi connectivity index (χ4n) is 4.40. The molecule has 0 spiro atoms. The molecule has 0 fully saturated rings. The van der Waals surface area contributed by atoms with Crippen molar-refractivity contribution < 1.29 is 19.8 Å². The molecule has 6 nitrogen and oxygen atoms in total.